The number of nitrogens with one attached hydrogen (secondary N) is 1. The van der Waals surface area contributed by atoms with Crippen LogP contribution in [0.25, 0.3) is 0 Å². The lowest BCUT2D eigenvalue weighted by molar-refractivity contribution is 0.159. The molecule has 4 heteroatoms. The zero-order valence-electron chi connectivity index (χ0n) is 10.7. The minimum atomic E-state index is -0.326. The lowest BCUT2D eigenvalue weighted by Gasteiger charge is -2.28. The van der Waals surface area contributed by atoms with Crippen molar-refractivity contribution in [1.82, 2.24) is 10.2 Å². The average Bonchev–Trinajstić information content (AvgIpc) is 2.76. The molecule has 0 radical (unpaired) electrons. The molecule has 0 aromatic carbocycles. The summed E-state index contributed by atoms with van der Waals surface area (Å²) >= 11 is 0. The maximum atomic E-state index is 11.1. The number of hydrogen-bond donors (Lipinski definition) is 1. The molecular weight excluding hydrogens is 204 g/mol. The topological polar surface area (TPSA) is 41.6 Å². The fourth-order valence-corrected chi connectivity index (χ4v) is 2.29. The van der Waals surface area contributed by atoms with Gasteiger partial charge in [-0.1, -0.05) is 13.8 Å². The van der Waals surface area contributed by atoms with E-state index in [9.17, 15) is 4.79 Å². The highest BCUT2D eigenvalue weighted by Gasteiger charge is 2.23. The molecular formula is C12H24N2O2. The number of methoxy groups -OCH3 is 1. The van der Waals surface area contributed by atoms with E-state index in [1.807, 2.05) is 0 Å². The standard InChI is InChI=1S/C12H24N2O2/c1-10(2)8-11(9-13-12(15)16-3)14-6-4-5-7-14/h10-11H,4-9H2,1-3H3,(H,13,15). The summed E-state index contributed by atoms with van der Waals surface area (Å²) in [5.41, 5.74) is 0. The molecule has 1 aliphatic heterocycles. The van der Waals surface area contributed by atoms with Gasteiger partial charge in [0.1, 0.15) is 0 Å². The van der Waals surface area contributed by atoms with Crippen molar-refractivity contribution in [3.05, 3.63) is 0 Å². The van der Waals surface area contributed by atoms with E-state index in [0.717, 1.165) is 6.42 Å². The Balaban J connectivity index is 2.39. The van der Waals surface area contributed by atoms with E-state index >= 15 is 0 Å². The van der Waals surface area contributed by atoms with E-state index < -0.39 is 0 Å². The number of amides is 1. The van der Waals surface area contributed by atoms with Crippen LogP contribution in [0.4, 0.5) is 4.79 Å². The Labute approximate surface area is 98.3 Å². The summed E-state index contributed by atoms with van der Waals surface area (Å²) in [7, 11) is 1.41. The van der Waals surface area contributed by atoms with Crippen LogP contribution in [0.2, 0.25) is 0 Å². The molecule has 0 aromatic rings. The Morgan fingerprint density at radius 1 is 1.38 bits per heavy atom. The van der Waals surface area contributed by atoms with Crippen LogP contribution in [0.3, 0.4) is 0 Å². The molecule has 1 aliphatic rings. The highest BCUT2D eigenvalue weighted by Crippen LogP contribution is 2.17. The van der Waals surface area contributed by atoms with Gasteiger partial charge in [0, 0.05) is 12.6 Å². The smallest absolute Gasteiger partial charge is 0.406 e. The van der Waals surface area contributed by atoms with Crippen molar-refractivity contribution in [2.75, 3.05) is 26.7 Å². The second-order valence-corrected chi connectivity index (χ2v) is 4.90. The number of rotatable bonds is 5. The summed E-state index contributed by atoms with van der Waals surface area (Å²) in [6.07, 6.45) is 3.37. The average molecular weight is 228 g/mol. The molecule has 1 saturated heterocycles. The van der Waals surface area contributed by atoms with Crippen LogP contribution in [0.1, 0.15) is 33.1 Å². The van der Waals surface area contributed by atoms with Gasteiger partial charge in [-0.05, 0) is 38.3 Å². The summed E-state index contributed by atoms with van der Waals surface area (Å²) in [6.45, 7) is 7.48. The molecule has 0 bridgehead atoms. The number of nitrogens with zero attached hydrogens (tertiary/aromatic N) is 1. The Hall–Kier alpha value is -0.770. The number of likely N-dealkylation sites (tertiary alicyclic amines) is 1. The van der Waals surface area contributed by atoms with E-state index in [4.69, 9.17) is 0 Å². The highest BCUT2D eigenvalue weighted by atomic mass is 16.5. The van der Waals surface area contributed by atoms with Gasteiger partial charge in [-0.25, -0.2) is 4.79 Å². The van der Waals surface area contributed by atoms with Gasteiger partial charge in [0.05, 0.1) is 7.11 Å². The van der Waals surface area contributed by atoms with E-state index in [0.29, 0.717) is 18.5 Å². The summed E-state index contributed by atoms with van der Waals surface area (Å²) < 4.78 is 4.60. The molecule has 0 aromatic heterocycles. The van der Waals surface area contributed by atoms with Crippen molar-refractivity contribution in [2.24, 2.45) is 5.92 Å². The van der Waals surface area contributed by atoms with Crippen molar-refractivity contribution in [1.29, 1.82) is 0 Å². The van der Waals surface area contributed by atoms with Gasteiger partial charge >= 0.3 is 6.09 Å². The number of carbonyl (C=O) groups excluding carboxylic acids is 1. The minimum absolute atomic E-state index is 0.326. The predicted molar refractivity (Wildman–Crippen MR) is 64.5 cm³/mol. The zero-order valence-corrected chi connectivity index (χ0v) is 10.7. The highest BCUT2D eigenvalue weighted by molar-refractivity contribution is 5.66. The van der Waals surface area contributed by atoms with Crippen molar-refractivity contribution in [3.8, 4) is 0 Å². The van der Waals surface area contributed by atoms with E-state index in [1.165, 1.54) is 33.0 Å². The van der Waals surface area contributed by atoms with Crippen molar-refractivity contribution >= 4 is 6.09 Å². The molecule has 1 amide bonds. The van der Waals surface area contributed by atoms with Crippen LogP contribution >= 0.6 is 0 Å². The molecule has 1 rings (SSSR count). The van der Waals surface area contributed by atoms with Gasteiger partial charge in [-0.2, -0.15) is 0 Å². The molecule has 0 saturated carbocycles. The minimum Gasteiger partial charge on any atom is -0.453 e. The van der Waals surface area contributed by atoms with Gasteiger partial charge in [0.2, 0.25) is 0 Å². The molecule has 1 unspecified atom stereocenters. The van der Waals surface area contributed by atoms with E-state index in [-0.39, 0.29) is 6.09 Å². The molecule has 1 fully saturated rings. The first-order chi connectivity index (χ1) is 7.63. The van der Waals surface area contributed by atoms with Crippen LogP contribution < -0.4 is 5.32 Å². The summed E-state index contributed by atoms with van der Waals surface area (Å²) in [4.78, 5) is 13.5. The Bertz CT molecular complexity index is 213. The molecule has 1 atom stereocenters. The maximum absolute atomic E-state index is 11.1. The third-order valence-corrected chi connectivity index (χ3v) is 3.07. The normalized spacial score (nSPS) is 18.8. The quantitative estimate of drug-likeness (QED) is 0.781. The second-order valence-electron chi connectivity index (χ2n) is 4.90. The Morgan fingerprint density at radius 2 is 2.00 bits per heavy atom. The van der Waals surface area contributed by atoms with Gasteiger partial charge in [0.15, 0.2) is 0 Å². The third-order valence-electron chi connectivity index (χ3n) is 3.07. The van der Waals surface area contributed by atoms with Crippen LogP contribution in [0, 0.1) is 5.92 Å². The predicted octanol–water partition coefficient (Wildman–Crippen LogP) is 1.85. The molecule has 16 heavy (non-hydrogen) atoms. The second kappa shape index (κ2) is 6.74. The largest absolute Gasteiger partial charge is 0.453 e. The fraction of sp³-hybridized carbons (Fsp3) is 0.917. The third kappa shape index (κ3) is 4.39. The molecule has 0 spiro atoms. The monoisotopic (exact) mass is 228 g/mol. The maximum Gasteiger partial charge on any atom is 0.406 e. The molecule has 1 heterocycles. The first-order valence-electron chi connectivity index (χ1n) is 6.19. The van der Waals surface area contributed by atoms with Crippen molar-refractivity contribution in [3.63, 3.8) is 0 Å². The molecule has 4 nitrogen and oxygen atoms in total. The van der Waals surface area contributed by atoms with Gasteiger partial charge in [-0.15, -0.1) is 0 Å². The summed E-state index contributed by atoms with van der Waals surface area (Å²) in [5.74, 6) is 0.657. The van der Waals surface area contributed by atoms with Crippen molar-refractivity contribution < 1.29 is 9.53 Å². The molecule has 94 valence electrons. The first-order valence-corrected chi connectivity index (χ1v) is 6.19. The molecule has 0 aliphatic carbocycles. The van der Waals surface area contributed by atoms with Gasteiger partial charge in [-0.3, -0.25) is 4.90 Å². The Morgan fingerprint density at radius 3 is 2.50 bits per heavy atom. The van der Waals surface area contributed by atoms with Crippen LogP contribution in [0.15, 0.2) is 0 Å². The van der Waals surface area contributed by atoms with Crippen LogP contribution in [-0.4, -0.2) is 43.8 Å². The van der Waals surface area contributed by atoms with Gasteiger partial charge in [0.25, 0.3) is 0 Å². The number of hydrogen-bond acceptors (Lipinski definition) is 3. The molecule has 1 N–H and O–H groups in total. The fourth-order valence-electron chi connectivity index (χ4n) is 2.29. The van der Waals surface area contributed by atoms with Gasteiger partial charge < -0.3 is 10.1 Å². The van der Waals surface area contributed by atoms with Crippen LogP contribution in [0.5, 0.6) is 0 Å². The zero-order chi connectivity index (χ0) is 12.0. The number of carbonyl (C=O) groups is 1. The first kappa shape index (κ1) is 13.3. The lowest BCUT2D eigenvalue weighted by Crippen LogP contribution is -2.43. The van der Waals surface area contributed by atoms with E-state index in [1.54, 1.807) is 0 Å². The Kier molecular flexibility index (Phi) is 5.60. The summed E-state index contributed by atoms with van der Waals surface area (Å²) in [6, 6.07) is 0.460. The SMILES string of the molecule is COC(=O)NCC(CC(C)C)N1CCCC1. The summed E-state index contributed by atoms with van der Waals surface area (Å²) in [5, 5.41) is 2.81. The van der Waals surface area contributed by atoms with E-state index in [2.05, 4.69) is 28.8 Å². The van der Waals surface area contributed by atoms with Crippen molar-refractivity contribution in [2.45, 2.75) is 39.2 Å². The number of ether oxygens (including phenoxy) is 1. The lowest BCUT2D eigenvalue weighted by atomic mass is 10.0. The number of alkyl carbamates (subject to hydrolysis) is 1. The van der Waals surface area contributed by atoms with Crippen LogP contribution in [-0.2, 0) is 4.74 Å².